The van der Waals surface area contributed by atoms with Crippen LogP contribution in [0.3, 0.4) is 0 Å². The Hall–Kier alpha value is -2.31. The van der Waals surface area contributed by atoms with Crippen molar-refractivity contribution >= 4 is 5.91 Å². The van der Waals surface area contributed by atoms with Gasteiger partial charge in [0.25, 0.3) is 5.91 Å². The first-order valence-corrected chi connectivity index (χ1v) is 7.41. The van der Waals surface area contributed by atoms with E-state index in [-0.39, 0.29) is 12.0 Å². The fraction of sp³-hybridized carbons (Fsp3) is 0.294. The van der Waals surface area contributed by atoms with Crippen LogP contribution < -0.4 is 5.32 Å². The summed E-state index contributed by atoms with van der Waals surface area (Å²) in [6.45, 7) is 1.98. The van der Waals surface area contributed by atoms with E-state index in [0.717, 1.165) is 6.20 Å². The number of aromatic nitrogens is 1. The smallest absolute Gasteiger partial charge is 0.251 e. The second kappa shape index (κ2) is 7.30. The largest absolute Gasteiger partial charge is 0.376 e. The van der Waals surface area contributed by atoms with Gasteiger partial charge in [0.1, 0.15) is 5.82 Å². The normalized spacial score (nSPS) is 17.7. The minimum atomic E-state index is -0.419. The lowest BCUT2D eigenvalue weighted by molar-refractivity contribution is -0.0855. The first kappa shape index (κ1) is 15.6. The maximum Gasteiger partial charge on any atom is 0.251 e. The molecule has 0 radical (unpaired) electrons. The first-order chi connectivity index (χ1) is 11.2. The molecule has 1 aromatic carbocycles. The lowest BCUT2D eigenvalue weighted by Crippen LogP contribution is -2.39. The van der Waals surface area contributed by atoms with Crippen molar-refractivity contribution in [2.45, 2.75) is 6.10 Å². The van der Waals surface area contributed by atoms with Crippen molar-refractivity contribution in [1.29, 1.82) is 0 Å². The summed E-state index contributed by atoms with van der Waals surface area (Å²) in [6, 6.07) is 8.42. The number of benzene rings is 1. The third kappa shape index (κ3) is 3.91. The van der Waals surface area contributed by atoms with Crippen molar-refractivity contribution in [2.24, 2.45) is 0 Å². The number of rotatable bonds is 4. The fourth-order valence-electron chi connectivity index (χ4n) is 2.40. The summed E-state index contributed by atoms with van der Waals surface area (Å²) in [4.78, 5) is 16.0. The highest BCUT2D eigenvalue weighted by molar-refractivity contribution is 5.95. The molecule has 1 N–H and O–H groups in total. The number of carbonyl (C=O) groups excluding carboxylic acids is 1. The molecule has 1 aliphatic rings. The Kier molecular flexibility index (Phi) is 4.95. The van der Waals surface area contributed by atoms with Crippen LogP contribution in [0, 0.1) is 5.82 Å². The number of pyridine rings is 1. The standard InChI is InChI=1S/C17H17FN2O3/c18-16-10-19-5-4-15(16)12-2-1-3-13(8-12)17(21)20-9-14-11-22-6-7-23-14/h1-5,8,10,14H,6-7,9,11H2,(H,20,21)/t14-/m0/s1. The second-order valence-corrected chi connectivity index (χ2v) is 5.21. The van der Waals surface area contributed by atoms with Crippen LogP contribution in [0.1, 0.15) is 10.4 Å². The van der Waals surface area contributed by atoms with Gasteiger partial charge in [-0.2, -0.15) is 0 Å². The summed E-state index contributed by atoms with van der Waals surface area (Å²) >= 11 is 0. The quantitative estimate of drug-likeness (QED) is 0.937. The molecule has 120 valence electrons. The predicted molar refractivity (Wildman–Crippen MR) is 82.5 cm³/mol. The molecule has 0 bridgehead atoms. The monoisotopic (exact) mass is 316 g/mol. The lowest BCUT2D eigenvalue weighted by atomic mass is 10.0. The third-order valence-corrected chi connectivity index (χ3v) is 3.58. The van der Waals surface area contributed by atoms with Crippen LogP contribution in [-0.4, -0.2) is 43.4 Å². The molecule has 1 fully saturated rings. The fourth-order valence-corrected chi connectivity index (χ4v) is 2.40. The number of hydrogen-bond donors (Lipinski definition) is 1. The molecule has 0 saturated carbocycles. The highest BCUT2D eigenvalue weighted by atomic mass is 19.1. The zero-order chi connectivity index (χ0) is 16.1. The molecule has 0 spiro atoms. The average molecular weight is 316 g/mol. The Morgan fingerprint density at radius 2 is 2.26 bits per heavy atom. The van der Waals surface area contributed by atoms with E-state index in [1.54, 1.807) is 30.3 Å². The van der Waals surface area contributed by atoms with Crippen molar-refractivity contribution in [2.75, 3.05) is 26.4 Å². The molecule has 6 heteroatoms. The van der Waals surface area contributed by atoms with Crippen LogP contribution in [0.15, 0.2) is 42.7 Å². The van der Waals surface area contributed by atoms with Gasteiger partial charge in [0.15, 0.2) is 0 Å². The summed E-state index contributed by atoms with van der Waals surface area (Å²) in [5, 5.41) is 2.81. The van der Waals surface area contributed by atoms with E-state index in [1.807, 2.05) is 0 Å². The summed E-state index contributed by atoms with van der Waals surface area (Å²) in [5.41, 5.74) is 1.52. The van der Waals surface area contributed by atoms with E-state index in [0.29, 0.717) is 43.1 Å². The second-order valence-electron chi connectivity index (χ2n) is 5.21. The van der Waals surface area contributed by atoms with Crippen LogP contribution in [-0.2, 0) is 9.47 Å². The van der Waals surface area contributed by atoms with Gasteiger partial charge in [0, 0.05) is 23.9 Å². The Morgan fingerprint density at radius 3 is 3.04 bits per heavy atom. The number of ether oxygens (including phenoxy) is 2. The van der Waals surface area contributed by atoms with Gasteiger partial charge >= 0.3 is 0 Å². The van der Waals surface area contributed by atoms with Crippen LogP contribution in [0.2, 0.25) is 0 Å². The summed E-state index contributed by atoms with van der Waals surface area (Å²) in [6.07, 6.45) is 2.54. The topological polar surface area (TPSA) is 60.5 Å². The van der Waals surface area contributed by atoms with Crippen molar-refractivity contribution < 1.29 is 18.7 Å². The summed E-state index contributed by atoms with van der Waals surface area (Å²) in [7, 11) is 0. The number of hydrogen-bond acceptors (Lipinski definition) is 4. The molecule has 1 aromatic heterocycles. The van der Waals surface area contributed by atoms with Crippen molar-refractivity contribution in [3.05, 3.63) is 54.1 Å². The van der Waals surface area contributed by atoms with Gasteiger partial charge in [0.2, 0.25) is 0 Å². The Balaban J connectivity index is 1.69. The maximum atomic E-state index is 13.8. The van der Waals surface area contributed by atoms with Crippen LogP contribution in [0.4, 0.5) is 4.39 Å². The first-order valence-electron chi connectivity index (χ1n) is 7.41. The molecule has 0 aliphatic carbocycles. The van der Waals surface area contributed by atoms with Crippen molar-refractivity contribution in [1.82, 2.24) is 10.3 Å². The van der Waals surface area contributed by atoms with Gasteiger partial charge in [-0.05, 0) is 23.8 Å². The van der Waals surface area contributed by atoms with Gasteiger partial charge in [-0.15, -0.1) is 0 Å². The summed E-state index contributed by atoms with van der Waals surface area (Å²) in [5.74, 6) is -0.645. The molecule has 1 aliphatic heterocycles. The highest BCUT2D eigenvalue weighted by Crippen LogP contribution is 2.22. The average Bonchev–Trinajstić information content (AvgIpc) is 2.61. The van der Waals surface area contributed by atoms with Gasteiger partial charge in [0.05, 0.1) is 32.1 Å². The molecular formula is C17H17FN2O3. The maximum absolute atomic E-state index is 13.8. The number of halogens is 1. The van der Waals surface area contributed by atoms with Crippen molar-refractivity contribution in [3.63, 3.8) is 0 Å². The van der Waals surface area contributed by atoms with Crippen molar-refractivity contribution in [3.8, 4) is 11.1 Å². The van der Waals surface area contributed by atoms with Gasteiger partial charge < -0.3 is 14.8 Å². The molecule has 2 aromatic rings. The molecule has 1 saturated heterocycles. The van der Waals surface area contributed by atoms with Crippen LogP contribution in [0.25, 0.3) is 11.1 Å². The molecule has 3 rings (SSSR count). The zero-order valence-electron chi connectivity index (χ0n) is 12.5. The van der Waals surface area contributed by atoms with Gasteiger partial charge in [-0.1, -0.05) is 12.1 Å². The van der Waals surface area contributed by atoms with Crippen LogP contribution in [0.5, 0.6) is 0 Å². The number of nitrogens with one attached hydrogen (secondary N) is 1. The molecular weight excluding hydrogens is 299 g/mol. The Morgan fingerprint density at radius 1 is 1.35 bits per heavy atom. The van der Waals surface area contributed by atoms with Gasteiger partial charge in [-0.3, -0.25) is 9.78 Å². The Bertz CT molecular complexity index is 687. The molecule has 2 heterocycles. The summed E-state index contributed by atoms with van der Waals surface area (Å²) < 4.78 is 24.6. The van der Waals surface area contributed by atoms with E-state index in [2.05, 4.69) is 10.3 Å². The van der Waals surface area contributed by atoms with E-state index in [9.17, 15) is 9.18 Å². The lowest BCUT2D eigenvalue weighted by Gasteiger charge is -2.23. The Labute approximate surface area is 133 Å². The number of carbonyl (C=O) groups is 1. The molecule has 1 atom stereocenters. The highest BCUT2D eigenvalue weighted by Gasteiger charge is 2.16. The number of amides is 1. The minimum Gasteiger partial charge on any atom is -0.376 e. The van der Waals surface area contributed by atoms with E-state index >= 15 is 0 Å². The molecule has 23 heavy (non-hydrogen) atoms. The molecule has 0 unspecified atom stereocenters. The minimum absolute atomic E-state index is 0.131. The third-order valence-electron chi connectivity index (χ3n) is 3.58. The zero-order valence-corrected chi connectivity index (χ0v) is 12.5. The van der Waals surface area contributed by atoms with E-state index in [4.69, 9.17) is 9.47 Å². The SMILES string of the molecule is O=C(NC[C@H]1COCCO1)c1cccc(-c2ccncc2F)c1. The predicted octanol–water partition coefficient (Wildman–Crippen LogP) is 2.03. The number of nitrogens with zero attached hydrogens (tertiary/aromatic N) is 1. The molecule has 5 nitrogen and oxygen atoms in total. The van der Waals surface area contributed by atoms with E-state index in [1.165, 1.54) is 6.20 Å². The van der Waals surface area contributed by atoms with Gasteiger partial charge in [-0.25, -0.2) is 4.39 Å². The molecule has 1 amide bonds. The van der Waals surface area contributed by atoms with Crippen LogP contribution >= 0.6 is 0 Å². The van der Waals surface area contributed by atoms with E-state index < -0.39 is 5.82 Å².